The van der Waals surface area contributed by atoms with E-state index in [4.69, 9.17) is 0 Å². The first-order chi connectivity index (χ1) is 9.22. The molecule has 19 heavy (non-hydrogen) atoms. The highest BCUT2D eigenvalue weighted by atomic mass is 32.1. The van der Waals surface area contributed by atoms with Crippen molar-refractivity contribution < 1.29 is 5.11 Å². The molecule has 0 fully saturated rings. The molecule has 3 rings (SSSR count). The molecule has 1 aromatic heterocycles. The van der Waals surface area contributed by atoms with Gasteiger partial charge in [-0.15, -0.1) is 11.3 Å². The van der Waals surface area contributed by atoms with Crippen LogP contribution in [0.4, 0.5) is 0 Å². The summed E-state index contributed by atoms with van der Waals surface area (Å²) < 4.78 is 0. The lowest BCUT2D eigenvalue weighted by Crippen LogP contribution is -2.24. The lowest BCUT2D eigenvalue weighted by Gasteiger charge is -2.26. The van der Waals surface area contributed by atoms with Crippen molar-refractivity contribution in [3.05, 3.63) is 45.4 Å². The number of nitrogens with one attached hydrogen (secondary N) is 1. The van der Waals surface area contributed by atoms with Crippen LogP contribution < -0.4 is 5.32 Å². The van der Waals surface area contributed by atoms with Crippen LogP contribution >= 0.6 is 11.3 Å². The fourth-order valence-electron chi connectivity index (χ4n) is 2.73. The van der Waals surface area contributed by atoms with Crippen LogP contribution in [-0.2, 0) is 13.0 Å². The second-order valence-electron chi connectivity index (χ2n) is 5.07. The summed E-state index contributed by atoms with van der Waals surface area (Å²) in [5, 5.41) is 16.4. The third kappa shape index (κ3) is 2.80. The van der Waals surface area contributed by atoms with Crippen LogP contribution in [0.15, 0.2) is 23.6 Å². The Morgan fingerprint density at radius 1 is 1.47 bits per heavy atom. The Kier molecular flexibility index (Phi) is 3.53. The predicted octanol–water partition coefficient (Wildman–Crippen LogP) is 3.32. The maximum Gasteiger partial charge on any atom is 0.115 e. The van der Waals surface area contributed by atoms with Gasteiger partial charge < -0.3 is 10.4 Å². The molecule has 1 aliphatic rings. The molecule has 0 aliphatic heterocycles. The van der Waals surface area contributed by atoms with Crippen molar-refractivity contribution in [1.82, 2.24) is 10.3 Å². The van der Waals surface area contributed by atoms with Gasteiger partial charge in [0.2, 0.25) is 0 Å². The van der Waals surface area contributed by atoms with E-state index in [0.717, 1.165) is 30.1 Å². The lowest BCUT2D eigenvalue weighted by atomic mass is 9.87. The van der Waals surface area contributed by atoms with Crippen molar-refractivity contribution in [2.75, 3.05) is 0 Å². The molecule has 2 N–H and O–H groups in total. The number of phenols is 1. The summed E-state index contributed by atoms with van der Waals surface area (Å²) in [6.07, 6.45) is 3.39. The second-order valence-corrected chi connectivity index (χ2v) is 6.13. The largest absolute Gasteiger partial charge is 0.508 e. The van der Waals surface area contributed by atoms with E-state index in [0.29, 0.717) is 11.8 Å². The normalized spacial score (nSPS) is 18.3. The Bertz CT molecular complexity index is 579. The molecule has 3 nitrogen and oxygen atoms in total. The Morgan fingerprint density at radius 3 is 3.16 bits per heavy atom. The molecule has 1 heterocycles. The van der Waals surface area contributed by atoms with Gasteiger partial charge in [-0.1, -0.05) is 6.07 Å². The van der Waals surface area contributed by atoms with Gasteiger partial charge in [0.05, 0.1) is 10.7 Å². The first-order valence-corrected chi connectivity index (χ1v) is 7.56. The minimum Gasteiger partial charge on any atom is -0.508 e. The number of aromatic hydroxyl groups is 1. The third-order valence-electron chi connectivity index (χ3n) is 3.64. The van der Waals surface area contributed by atoms with Crippen LogP contribution in [0.1, 0.15) is 40.7 Å². The van der Waals surface area contributed by atoms with Crippen LogP contribution in [0.3, 0.4) is 0 Å². The highest BCUT2D eigenvalue weighted by Crippen LogP contribution is 2.32. The van der Waals surface area contributed by atoms with Gasteiger partial charge in [-0.2, -0.15) is 0 Å². The van der Waals surface area contributed by atoms with E-state index in [-0.39, 0.29) is 0 Å². The summed E-state index contributed by atoms with van der Waals surface area (Å²) in [6, 6.07) is 6.11. The number of nitrogens with zero attached hydrogens (tertiary/aromatic N) is 1. The van der Waals surface area contributed by atoms with Crippen molar-refractivity contribution in [2.24, 2.45) is 0 Å². The van der Waals surface area contributed by atoms with Crippen molar-refractivity contribution >= 4 is 11.3 Å². The molecule has 1 aliphatic carbocycles. The summed E-state index contributed by atoms with van der Waals surface area (Å²) in [5.41, 5.74) is 3.72. The summed E-state index contributed by atoms with van der Waals surface area (Å²) in [4.78, 5) is 4.48. The fourth-order valence-corrected chi connectivity index (χ4v) is 3.34. The first kappa shape index (κ1) is 12.6. The number of hydrogen-bond acceptors (Lipinski definition) is 4. The molecule has 0 bridgehead atoms. The molecule has 0 amide bonds. The Labute approximate surface area is 117 Å². The zero-order valence-electron chi connectivity index (χ0n) is 11.0. The van der Waals surface area contributed by atoms with Crippen molar-refractivity contribution in [1.29, 1.82) is 0 Å². The van der Waals surface area contributed by atoms with Crippen LogP contribution in [0.25, 0.3) is 0 Å². The maximum atomic E-state index is 9.56. The Hall–Kier alpha value is -1.39. The molecule has 1 aromatic carbocycles. The van der Waals surface area contributed by atoms with Crippen LogP contribution in [0, 0.1) is 6.92 Å². The zero-order valence-corrected chi connectivity index (χ0v) is 11.8. The summed E-state index contributed by atoms with van der Waals surface area (Å²) in [6.45, 7) is 2.85. The van der Waals surface area contributed by atoms with Gasteiger partial charge in [0.25, 0.3) is 0 Å². The molecule has 0 saturated heterocycles. The predicted molar refractivity (Wildman–Crippen MR) is 77.5 cm³/mol. The van der Waals surface area contributed by atoms with Crippen LogP contribution in [-0.4, -0.2) is 10.1 Å². The van der Waals surface area contributed by atoms with Crippen molar-refractivity contribution in [2.45, 2.75) is 38.8 Å². The van der Waals surface area contributed by atoms with E-state index >= 15 is 0 Å². The summed E-state index contributed by atoms with van der Waals surface area (Å²) in [7, 11) is 0. The molecule has 1 unspecified atom stereocenters. The standard InChI is InChI=1S/C15H18N2OS/c1-10-17-12(9-19-10)8-16-15-4-2-3-11-7-13(18)5-6-14(11)15/h5-7,9,15-16,18H,2-4,8H2,1H3. The minimum absolute atomic E-state index is 0.370. The van der Waals surface area contributed by atoms with E-state index in [1.807, 2.05) is 19.1 Å². The van der Waals surface area contributed by atoms with Gasteiger partial charge >= 0.3 is 0 Å². The Morgan fingerprint density at radius 2 is 2.37 bits per heavy atom. The Balaban J connectivity index is 1.73. The SMILES string of the molecule is Cc1nc(CNC2CCCc3cc(O)ccc32)cs1. The van der Waals surface area contributed by atoms with E-state index < -0.39 is 0 Å². The van der Waals surface area contributed by atoms with Gasteiger partial charge in [0, 0.05) is 18.0 Å². The van der Waals surface area contributed by atoms with E-state index in [1.54, 1.807) is 17.4 Å². The van der Waals surface area contributed by atoms with Gasteiger partial charge in [-0.3, -0.25) is 0 Å². The average molecular weight is 274 g/mol. The van der Waals surface area contributed by atoms with E-state index in [1.165, 1.54) is 17.5 Å². The first-order valence-electron chi connectivity index (χ1n) is 6.68. The van der Waals surface area contributed by atoms with Crippen molar-refractivity contribution in [3.63, 3.8) is 0 Å². The topological polar surface area (TPSA) is 45.2 Å². The number of benzene rings is 1. The number of fused-ring (bicyclic) bond motifs is 1. The average Bonchev–Trinajstić information content (AvgIpc) is 2.81. The molecule has 4 heteroatoms. The number of aromatic nitrogens is 1. The maximum absolute atomic E-state index is 9.56. The molecule has 1 atom stereocenters. The molecular formula is C15H18N2OS. The second kappa shape index (κ2) is 5.31. The number of phenolic OH excluding ortho intramolecular Hbond substituents is 1. The van der Waals surface area contributed by atoms with E-state index in [9.17, 15) is 5.11 Å². The van der Waals surface area contributed by atoms with Crippen LogP contribution in [0.2, 0.25) is 0 Å². The molecular weight excluding hydrogens is 256 g/mol. The van der Waals surface area contributed by atoms with Gasteiger partial charge in [0.15, 0.2) is 0 Å². The third-order valence-corrected chi connectivity index (χ3v) is 4.46. The van der Waals surface area contributed by atoms with Gasteiger partial charge in [-0.05, 0) is 49.4 Å². The molecule has 0 radical (unpaired) electrons. The monoisotopic (exact) mass is 274 g/mol. The molecule has 100 valence electrons. The smallest absolute Gasteiger partial charge is 0.115 e. The van der Waals surface area contributed by atoms with Gasteiger partial charge in [-0.25, -0.2) is 4.98 Å². The van der Waals surface area contributed by atoms with Gasteiger partial charge in [0.1, 0.15) is 5.75 Å². The van der Waals surface area contributed by atoms with Crippen molar-refractivity contribution in [3.8, 4) is 5.75 Å². The number of aryl methyl sites for hydroxylation is 2. The number of rotatable bonds is 3. The lowest BCUT2D eigenvalue weighted by molar-refractivity contribution is 0.448. The zero-order chi connectivity index (χ0) is 13.2. The molecule has 0 spiro atoms. The highest BCUT2D eigenvalue weighted by molar-refractivity contribution is 7.09. The number of thiazole rings is 1. The molecule has 2 aromatic rings. The van der Waals surface area contributed by atoms with Crippen LogP contribution in [0.5, 0.6) is 5.75 Å². The fraction of sp³-hybridized carbons (Fsp3) is 0.400. The van der Waals surface area contributed by atoms with E-state index in [2.05, 4.69) is 15.7 Å². The minimum atomic E-state index is 0.370. The summed E-state index contributed by atoms with van der Waals surface area (Å²) in [5.74, 6) is 0.370. The highest BCUT2D eigenvalue weighted by Gasteiger charge is 2.20. The summed E-state index contributed by atoms with van der Waals surface area (Å²) >= 11 is 1.69. The molecule has 0 saturated carbocycles. The number of hydrogen-bond donors (Lipinski definition) is 2. The quantitative estimate of drug-likeness (QED) is 0.902.